The average molecular weight is 431 g/mol. The van der Waals surface area contributed by atoms with Crippen molar-refractivity contribution in [2.75, 3.05) is 11.5 Å². The predicted octanol–water partition coefficient (Wildman–Crippen LogP) is 4.14. The lowest BCUT2D eigenvalue weighted by molar-refractivity contribution is 0.475. The number of nitrogens with zero attached hydrogens (tertiary/aromatic N) is 4. The number of benzene rings is 1. The summed E-state index contributed by atoms with van der Waals surface area (Å²) < 4.78 is 0. The molecule has 4 N–H and O–H groups in total. The molecule has 7 nitrogen and oxygen atoms in total. The zero-order chi connectivity index (χ0) is 20.3. The number of aryl methyl sites for hydroxylation is 1. The summed E-state index contributed by atoms with van der Waals surface area (Å²) >= 11 is 13.0. The maximum absolute atomic E-state index is 9.73. The molecule has 2 aromatic heterocycles. The summed E-state index contributed by atoms with van der Waals surface area (Å²) in [5.74, 6) is 1.26. The molecule has 0 fully saturated rings. The Bertz CT molecular complexity index is 1100. The largest absolute Gasteiger partial charge is 0.508 e. The summed E-state index contributed by atoms with van der Waals surface area (Å²) in [5.41, 5.74) is 7.32. The van der Waals surface area contributed by atoms with Gasteiger partial charge in [-0.25, -0.2) is 9.97 Å². The molecule has 0 aliphatic carbocycles. The van der Waals surface area contributed by atoms with Gasteiger partial charge < -0.3 is 15.8 Å². The van der Waals surface area contributed by atoms with Gasteiger partial charge in [-0.3, -0.25) is 0 Å². The van der Waals surface area contributed by atoms with Crippen LogP contribution >= 0.6 is 35.0 Å². The number of aromatic hydroxyl groups is 1. The monoisotopic (exact) mass is 430 g/mol. The van der Waals surface area contributed by atoms with Crippen molar-refractivity contribution in [3.05, 3.63) is 51.5 Å². The summed E-state index contributed by atoms with van der Waals surface area (Å²) in [6.45, 7) is 0. The number of aromatic amines is 1. The fourth-order valence-electron chi connectivity index (χ4n) is 2.56. The van der Waals surface area contributed by atoms with E-state index >= 15 is 0 Å². The van der Waals surface area contributed by atoms with Crippen molar-refractivity contribution in [2.24, 2.45) is 0 Å². The molecule has 3 aromatic rings. The van der Waals surface area contributed by atoms with E-state index in [4.69, 9.17) is 28.9 Å². The van der Waals surface area contributed by atoms with Gasteiger partial charge in [0.25, 0.3) is 0 Å². The number of aromatic nitrogens is 3. The zero-order valence-corrected chi connectivity index (χ0v) is 16.5. The van der Waals surface area contributed by atoms with Crippen LogP contribution < -0.4 is 5.73 Å². The first-order valence-electron chi connectivity index (χ1n) is 7.90. The minimum absolute atomic E-state index is 0.0381. The molecule has 2 heterocycles. The van der Waals surface area contributed by atoms with Crippen LogP contribution in [0.15, 0.2) is 29.3 Å². The van der Waals surface area contributed by atoms with Crippen molar-refractivity contribution in [1.82, 2.24) is 15.0 Å². The van der Waals surface area contributed by atoms with Gasteiger partial charge in [-0.2, -0.15) is 10.5 Å². The molecule has 0 amide bonds. The maximum atomic E-state index is 9.73. The lowest BCUT2D eigenvalue weighted by atomic mass is 9.97. The van der Waals surface area contributed by atoms with Crippen molar-refractivity contribution in [3.63, 3.8) is 0 Å². The minimum atomic E-state index is 0.0381. The van der Waals surface area contributed by atoms with Crippen molar-refractivity contribution in [1.29, 1.82) is 10.5 Å². The second-order valence-electron chi connectivity index (χ2n) is 5.58. The molecular formula is C18H12Cl2N6OS. The first kappa shape index (κ1) is 19.8. The summed E-state index contributed by atoms with van der Waals surface area (Å²) in [5, 5.41) is 29.6. The number of phenols is 1. The van der Waals surface area contributed by atoms with Gasteiger partial charge in [0.05, 0.1) is 5.56 Å². The molecule has 0 bridgehead atoms. The first-order valence-corrected chi connectivity index (χ1v) is 9.64. The van der Waals surface area contributed by atoms with E-state index in [2.05, 4.69) is 21.0 Å². The Hall–Kier alpha value is -2.91. The number of hydrogen-bond acceptors (Lipinski definition) is 7. The number of phenolic OH excluding ortho intramolecular Hbond substituents is 1. The van der Waals surface area contributed by atoms with Crippen LogP contribution in [0.4, 0.5) is 5.82 Å². The van der Waals surface area contributed by atoms with Crippen LogP contribution in [0.1, 0.15) is 17.0 Å². The number of thioether (sulfide) groups is 1. The van der Waals surface area contributed by atoms with Gasteiger partial charge in [0.15, 0.2) is 5.15 Å². The number of nitriles is 2. The number of rotatable bonds is 5. The third-order valence-electron chi connectivity index (χ3n) is 3.82. The minimum Gasteiger partial charge on any atom is -0.508 e. The van der Waals surface area contributed by atoms with E-state index in [1.165, 1.54) is 23.9 Å². The number of pyridine rings is 1. The molecular weight excluding hydrogens is 419 g/mol. The Morgan fingerprint density at radius 3 is 2.36 bits per heavy atom. The van der Waals surface area contributed by atoms with Gasteiger partial charge in [0.1, 0.15) is 45.3 Å². The first-order chi connectivity index (χ1) is 13.4. The Labute approximate surface area is 174 Å². The van der Waals surface area contributed by atoms with Crippen LogP contribution in [0.25, 0.3) is 11.1 Å². The summed E-state index contributed by atoms with van der Waals surface area (Å²) in [6.07, 6.45) is 0.512. The summed E-state index contributed by atoms with van der Waals surface area (Å²) in [7, 11) is 0. The average Bonchev–Trinajstić information content (AvgIpc) is 2.99. The fourth-order valence-corrected chi connectivity index (χ4v) is 3.80. The van der Waals surface area contributed by atoms with Gasteiger partial charge in [0.2, 0.25) is 0 Å². The Morgan fingerprint density at radius 1 is 1.11 bits per heavy atom. The highest BCUT2D eigenvalue weighted by atomic mass is 35.5. The molecule has 0 aliphatic rings. The maximum Gasteiger partial charge on any atom is 0.166 e. The molecule has 0 atom stereocenters. The smallest absolute Gasteiger partial charge is 0.166 e. The molecule has 0 radical (unpaired) electrons. The molecule has 0 unspecified atom stereocenters. The number of H-pyrrole nitrogens is 1. The van der Waals surface area contributed by atoms with E-state index in [1.54, 1.807) is 12.1 Å². The highest BCUT2D eigenvalue weighted by Gasteiger charge is 2.20. The van der Waals surface area contributed by atoms with Crippen LogP contribution in [0, 0.1) is 22.7 Å². The molecule has 1 aromatic carbocycles. The standard InChI is InChI=1S/C18H12Cl2N6OS/c19-15-16(20)25-13(24-15)5-6-28-18-12(8-22)14(11(7-21)17(23)26-18)9-1-3-10(27)4-2-9/h1-4,27H,5-6H2,(H2,23,26)(H,24,25). The van der Waals surface area contributed by atoms with Gasteiger partial charge in [-0.05, 0) is 17.7 Å². The quantitative estimate of drug-likeness (QED) is 0.517. The number of nitrogens with one attached hydrogen (secondary N) is 1. The number of nitrogen functional groups attached to an aromatic ring is 1. The molecule has 0 saturated heterocycles. The summed E-state index contributed by atoms with van der Waals surface area (Å²) in [4.78, 5) is 11.2. The van der Waals surface area contributed by atoms with Crippen molar-refractivity contribution in [2.45, 2.75) is 11.4 Å². The zero-order valence-electron chi connectivity index (χ0n) is 14.2. The second-order valence-corrected chi connectivity index (χ2v) is 7.40. The van der Waals surface area contributed by atoms with E-state index in [9.17, 15) is 15.6 Å². The molecule has 0 aliphatic heterocycles. The van der Waals surface area contributed by atoms with Crippen LogP contribution in [-0.4, -0.2) is 25.8 Å². The van der Waals surface area contributed by atoms with Gasteiger partial charge in [0, 0.05) is 17.7 Å². The predicted molar refractivity (Wildman–Crippen MR) is 108 cm³/mol. The molecule has 3 rings (SSSR count). The molecule has 28 heavy (non-hydrogen) atoms. The SMILES string of the molecule is N#Cc1c(N)nc(SCCc2nc(Cl)c(Cl)[nH]2)c(C#N)c1-c1ccc(O)cc1. The highest BCUT2D eigenvalue weighted by molar-refractivity contribution is 7.99. The van der Waals surface area contributed by atoms with Crippen LogP contribution in [0.5, 0.6) is 5.75 Å². The second kappa shape index (κ2) is 8.41. The van der Waals surface area contributed by atoms with E-state index in [-0.39, 0.29) is 33.0 Å². The topological polar surface area (TPSA) is 135 Å². The Kier molecular flexibility index (Phi) is 5.96. The van der Waals surface area contributed by atoms with Crippen molar-refractivity contribution < 1.29 is 5.11 Å². The normalized spacial score (nSPS) is 10.4. The van der Waals surface area contributed by atoms with E-state index in [0.717, 1.165) is 0 Å². The van der Waals surface area contributed by atoms with Crippen LogP contribution in [0.3, 0.4) is 0 Å². The summed E-state index contributed by atoms with van der Waals surface area (Å²) in [6, 6.07) is 10.3. The van der Waals surface area contributed by atoms with Crippen LogP contribution in [-0.2, 0) is 6.42 Å². The lowest BCUT2D eigenvalue weighted by Crippen LogP contribution is -2.04. The lowest BCUT2D eigenvalue weighted by Gasteiger charge is -2.13. The van der Waals surface area contributed by atoms with E-state index in [0.29, 0.717) is 34.2 Å². The Balaban J connectivity index is 1.96. The van der Waals surface area contributed by atoms with E-state index in [1.807, 2.05) is 6.07 Å². The number of imidazole rings is 1. The third kappa shape index (κ3) is 4.00. The van der Waals surface area contributed by atoms with E-state index < -0.39 is 0 Å². The molecule has 0 spiro atoms. The van der Waals surface area contributed by atoms with Crippen molar-refractivity contribution in [3.8, 4) is 29.0 Å². The number of anilines is 1. The number of nitrogens with two attached hydrogens (primary N) is 1. The number of halogens is 2. The van der Waals surface area contributed by atoms with Crippen molar-refractivity contribution >= 4 is 40.8 Å². The molecule has 140 valence electrons. The van der Waals surface area contributed by atoms with Gasteiger partial charge >= 0.3 is 0 Å². The molecule has 10 heteroatoms. The van der Waals surface area contributed by atoms with Gasteiger partial charge in [-0.1, -0.05) is 35.3 Å². The highest BCUT2D eigenvalue weighted by Crippen LogP contribution is 2.36. The Morgan fingerprint density at radius 2 is 1.79 bits per heavy atom. The van der Waals surface area contributed by atoms with Gasteiger partial charge in [-0.15, -0.1) is 11.8 Å². The third-order valence-corrected chi connectivity index (χ3v) is 5.44. The molecule has 0 saturated carbocycles. The van der Waals surface area contributed by atoms with Crippen LogP contribution in [0.2, 0.25) is 10.3 Å². The fraction of sp³-hybridized carbons (Fsp3) is 0.111. The number of hydrogen-bond donors (Lipinski definition) is 3.